The molecule has 6 heteroatoms. The van der Waals surface area contributed by atoms with Crippen LogP contribution >= 0.6 is 10.7 Å². The van der Waals surface area contributed by atoms with Crippen molar-refractivity contribution in [2.24, 2.45) is 0 Å². The van der Waals surface area contributed by atoms with Crippen LogP contribution in [-0.2, 0) is 14.8 Å². The maximum atomic E-state index is 11.2. The lowest BCUT2D eigenvalue weighted by molar-refractivity contribution is 0.239. The van der Waals surface area contributed by atoms with Crippen molar-refractivity contribution in [1.29, 1.82) is 0 Å². The minimum absolute atomic E-state index is 0.0566. The molecule has 0 radical (unpaired) electrons. The van der Waals surface area contributed by atoms with Gasteiger partial charge in [0, 0.05) is 10.7 Å². The van der Waals surface area contributed by atoms with E-state index in [0.717, 1.165) is 0 Å². The fourth-order valence-corrected chi connectivity index (χ4v) is 2.37. The first-order chi connectivity index (χ1) is 7.83. The predicted octanol–water partition coefficient (Wildman–Crippen LogP) is 2.55. The number of ether oxygens (including phenoxy) is 2. The van der Waals surface area contributed by atoms with Crippen LogP contribution < -0.4 is 9.47 Å². The number of hydrogen-bond donors (Lipinski definition) is 0. The minimum Gasteiger partial charge on any atom is -0.496 e. The summed E-state index contributed by atoms with van der Waals surface area (Å²) in [5, 5.41) is 0. The molecule has 1 aromatic rings. The van der Waals surface area contributed by atoms with E-state index in [1.165, 1.54) is 7.11 Å². The zero-order chi connectivity index (χ0) is 13.1. The van der Waals surface area contributed by atoms with Gasteiger partial charge in [-0.3, -0.25) is 0 Å². The molecule has 0 aliphatic heterocycles. The average molecular weight is 279 g/mol. The van der Waals surface area contributed by atoms with Crippen molar-refractivity contribution in [3.8, 4) is 11.5 Å². The van der Waals surface area contributed by atoms with Crippen molar-refractivity contribution in [2.75, 3.05) is 7.11 Å². The summed E-state index contributed by atoms with van der Waals surface area (Å²) >= 11 is 0. The molecule has 0 spiro atoms. The largest absolute Gasteiger partial charge is 0.496 e. The first-order valence-corrected chi connectivity index (χ1v) is 7.56. The molecule has 0 aliphatic rings. The Kier molecular flexibility index (Phi) is 4.65. The van der Waals surface area contributed by atoms with Crippen molar-refractivity contribution in [1.82, 2.24) is 0 Å². The van der Waals surface area contributed by atoms with E-state index in [1.54, 1.807) is 18.2 Å². The van der Waals surface area contributed by atoms with Gasteiger partial charge in [0.2, 0.25) is 9.05 Å². The van der Waals surface area contributed by atoms with E-state index in [-0.39, 0.29) is 11.9 Å². The molecule has 0 fully saturated rings. The van der Waals surface area contributed by atoms with Gasteiger partial charge >= 0.3 is 0 Å². The van der Waals surface area contributed by atoms with E-state index in [2.05, 4.69) is 0 Å². The van der Waals surface area contributed by atoms with Crippen LogP contribution in [0.1, 0.15) is 19.4 Å². The summed E-state index contributed by atoms with van der Waals surface area (Å²) in [5.74, 6) is 0.608. The molecular formula is C11H15ClO4S. The van der Waals surface area contributed by atoms with Gasteiger partial charge in [-0.05, 0) is 26.0 Å². The number of benzene rings is 1. The van der Waals surface area contributed by atoms with Crippen LogP contribution in [0.4, 0.5) is 0 Å². The molecule has 0 aliphatic carbocycles. The van der Waals surface area contributed by atoms with Crippen molar-refractivity contribution in [3.63, 3.8) is 0 Å². The second kappa shape index (κ2) is 5.60. The summed E-state index contributed by atoms with van der Waals surface area (Å²) in [5.41, 5.74) is 0.443. The quantitative estimate of drug-likeness (QED) is 0.777. The predicted molar refractivity (Wildman–Crippen MR) is 67.2 cm³/mol. The molecule has 0 bridgehead atoms. The van der Waals surface area contributed by atoms with E-state index in [0.29, 0.717) is 17.1 Å². The third kappa shape index (κ3) is 4.44. The lowest BCUT2D eigenvalue weighted by atomic mass is 10.2. The molecule has 4 nitrogen and oxygen atoms in total. The summed E-state index contributed by atoms with van der Waals surface area (Å²) < 4.78 is 33.0. The number of halogens is 1. The average Bonchev–Trinajstić information content (AvgIpc) is 2.17. The van der Waals surface area contributed by atoms with Gasteiger partial charge in [0.05, 0.1) is 24.5 Å². The Labute approximate surface area is 106 Å². The number of hydrogen-bond acceptors (Lipinski definition) is 4. The van der Waals surface area contributed by atoms with Gasteiger partial charge in [-0.2, -0.15) is 0 Å². The molecule has 0 amide bonds. The molecule has 0 atom stereocenters. The Balaban J connectivity index is 3.20. The van der Waals surface area contributed by atoms with Crippen LogP contribution in [0.25, 0.3) is 0 Å². The summed E-state index contributed by atoms with van der Waals surface area (Å²) in [6.07, 6.45) is -0.0566. The maximum Gasteiger partial charge on any atom is 0.237 e. The van der Waals surface area contributed by atoms with Gasteiger partial charge in [-0.25, -0.2) is 8.42 Å². The fourth-order valence-electron chi connectivity index (χ4n) is 1.42. The van der Waals surface area contributed by atoms with Crippen molar-refractivity contribution < 1.29 is 17.9 Å². The van der Waals surface area contributed by atoms with Crippen LogP contribution in [0.5, 0.6) is 11.5 Å². The van der Waals surface area contributed by atoms with Gasteiger partial charge in [0.15, 0.2) is 0 Å². The molecule has 0 saturated heterocycles. The minimum atomic E-state index is -3.66. The topological polar surface area (TPSA) is 52.6 Å². The Morgan fingerprint density at radius 1 is 1.29 bits per heavy atom. The van der Waals surface area contributed by atoms with Crippen LogP contribution in [-0.4, -0.2) is 21.6 Å². The maximum absolute atomic E-state index is 11.2. The highest BCUT2D eigenvalue weighted by atomic mass is 35.7. The third-order valence-electron chi connectivity index (χ3n) is 1.99. The van der Waals surface area contributed by atoms with Crippen LogP contribution in [0, 0.1) is 0 Å². The van der Waals surface area contributed by atoms with E-state index in [9.17, 15) is 8.42 Å². The molecular weight excluding hydrogens is 264 g/mol. The third-order valence-corrected chi connectivity index (χ3v) is 2.95. The van der Waals surface area contributed by atoms with Gasteiger partial charge in [0.1, 0.15) is 11.5 Å². The van der Waals surface area contributed by atoms with Crippen LogP contribution in [0.3, 0.4) is 0 Å². The van der Waals surface area contributed by atoms with E-state index in [4.69, 9.17) is 20.2 Å². The summed E-state index contributed by atoms with van der Waals surface area (Å²) in [6, 6.07) is 5.10. The zero-order valence-electron chi connectivity index (χ0n) is 9.94. The van der Waals surface area contributed by atoms with Gasteiger partial charge in [-0.1, -0.05) is 6.07 Å². The van der Waals surface area contributed by atoms with Crippen LogP contribution in [0.15, 0.2) is 18.2 Å². The normalized spacial score (nSPS) is 11.6. The van der Waals surface area contributed by atoms with Crippen LogP contribution in [0.2, 0.25) is 0 Å². The first kappa shape index (κ1) is 14.1. The van der Waals surface area contributed by atoms with Crippen molar-refractivity contribution in [2.45, 2.75) is 25.7 Å². The summed E-state index contributed by atoms with van der Waals surface area (Å²) in [4.78, 5) is 0. The molecule has 0 unspecified atom stereocenters. The molecule has 0 saturated carbocycles. The highest BCUT2D eigenvalue weighted by Crippen LogP contribution is 2.31. The van der Waals surface area contributed by atoms with Crippen molar-refractivity contribution in [3.05, 3.63) is 23.8 Å². The summed E-state index contributed by atoms with van der Waals surface area (Å²) in [7, 11) is 3.08. The smallest absolute Gasteiger partial charge is 0.237 e. The van der Waals surface area contributed by atoms with Gasteiger partial charge < -0.3 is 9.47 Å². The Hall–Kier alpha value is -0.940. The molecule has 96 valence electrons. The lowest BCUT2D eigenvalue weighted by Gasteiger charge is -2.16. The lowest BCUT2D eigenvalue weighted by Crippen LogP contribution is -2.09. The number of rotatable bonds is 5. The summed E-state index contributed by atoms with van der Waals surface area (Å²) in [6.45, 7) is 3.72. The van der Waals surface area contributed by atoms with Gasteiger partial charge in [-0.15, -0.1) is 0 Å². The van der Waals surface area contributed by atoms with Crippen molar-refractivity contribution >= 4 is 19.7 Å². The highest BCUT2D eigenvalue weighted by molar-refractivity contribution is 8.13. The number of methoxy groups -OCH3 is 1. The SMILES string of the molecule is COc1cccc(OC(C)C)c1CS(=O)(=O)Cl. The molecule has 0 heterocycles. The monoisotopic (exact) mass is 278 g/mol. The zero-order valence-corrected chi connectivity index (χ0v) is 11.5. The fraction of sp³-hybridized carbons (Fsp3) is 0.455. The van der Waals surface area contributed by atoms with Gasteiger partial charge in [0.25, 0.3) is 0 Å². The van der Waals surface area contributed by atoms with E-state index >= 15 is 0 Å². The Morgan fingerprint density at radius 3 is 2.35 bits per heavy atom. The second-order valence-electron chi connectivity index (χ2n) is 3.79. The molecule has 1 aromatic carbocycles. The molecule has 0 aromatic heterocycles. The molecule has 0 N–H and O–H groups in total. The second-order valence-corrected chi connectivity index (χ2v) is 6.56. The first-order valence-electron chi connectivity index (χ1n) is 5.08. The van der Waals surface area contributed by atoms with E-state index < -0.39 is 9.05 Å². The Bertz CT molecular complexity index is 482. The Morgan fingerprint density at radius 2 is 1.88 bits per heavy atom. The molecule has 17 heavy (non-hydrogen) atoms. The highest BCUT2D eigenvalue weighted by Gasteiger charge is 2.17. The standard InChI is InChI=1S/C11H15ClO4S/c1-8(2)16-11-6-4-5-10(15-3)9(11)7-17(12,13)14/h4-6,8H,7H2,1-3H3. The molecule has 1 rings (SSSR count). The van der Waals surface area contributed by atoms with E-state index in [1.807, 2.05) is 13.8 Å².